The van der Waals surface area contributed by atoms with Crippen LogP contribution in [0.4, 0.5) is 5.69 Å². The number of hydrogen-bond donors (Lipinski definition) is 1. The lowest BCUT2D eigenvalue weighted by molar-refractivity contribution is -0.140. The molecule has 0 spiro atoms. The van der Waals surface area contributed by atoms with Gasteiger partial charge in [-0.25, -0.2) is 4.79 Å². The number of alkyl halides is 2. The number of aryl methyl sites for hydroxylation is 1. The molecule has 10 heteroatoms. The van der Waals surface area contributed by atoms with Crippen molar-refractivity contribution in [1.82, 2.24) is 9.13 Å². The molecule has 2 heterocycles. The van der Waals surface area contributed by atoms with E-state index in [0.717, 1.165) is 0 Å². The predicted molar refractivity (Wildman–Crippen MR) is 122 cm³/mol. The lowest BCUT2D eigenvalue weighted by Gasteiger charge is -2.16. The number of anilines is 1. The molecule has 4 rings (SSSR count). The van der Waals surface area contributed by atoms with E-state index < -0.39 is 3.23 Å². The van der Waals surface area contributed by atoms with Gasteiger partial charge in [0, 0.05) is 22.8 Å². The van der Waals surface area contributed by atoms with Crippen LogP contribution in [-0.4, -0.2) is 28.1 Å². The number of methoxy groups -OCH3 is 1. The minimum absolute atomic E-state index is 0.0846. The Kier molecular flexibility index (Phi) is 5.54. The first kappa shape index (κ1) is 21.1. The first-order chi connectivity index (χ1) is 14.2. The Morgan fingerprint density at radius 2 is 1.83 bits per heavy atom. The predicted octanol–water partition coefficient (Wildman–Crippen LogP) is 3.96. The Morgan fingerprint density at radius 1 is 1.17 bits per heavy atom. The van der Waals surface area contributed by atoms with Crippen LogP contribution in [0, 0.1) is 0 Å². The van der Waals surface area contributed by atoms with E-state index >= 15 is 0 Å². The monoisotopic (exact) mass is 555 g/mol. The smallest absolute Gasteiger partial charge is 0.329 e. The number of imidazole rings is 1. The summed E-state index contributed by atoms with van der Waals surface area (Å²) < 4.78 is 6.75. The summed E-state index contributed by atoms with van der Waals surface area (Å²) in [7, 11) is 1.32. The number of benzene rings is 2. The third kappa shape index (κ3) is 3.48. The molecule has 156 valence electrons. The van der Waals surface area contributed by atoms with Crippen molar-refractivity contribution in [1.29, 1.82) is 0 Å². The summed E-state index contributed by atoms with van der Waals surface area (Å²) in [4.78, 5) is 37.2. The number of ether oxygens (including phenoxy) is 1. The first-order valence-corrected chi connectivity index (χ1v) is 11.0. The molecule has 30 heavy (non-hydrogen) atoms. The molecule has 1 amide bonds. The van der Waals surface area contributed by atoms with Crippen LogP contribution in [0.2, 0.25) is 5.02 Å². The molecule has 7 nitrogen and oxygen atoms in total. The Hall–Kier alpha value is -2.10. The fourth-order valence-corrected chi connectivity index (χ4v) is 5.06. The van der Waals surface area contributed by atoms with Gasteiger partial charge >= 0.3 is 11.7 Å². The summed E-state index contributed by atoms with van der Waals surface area (Å²) in [5, 5.41) is 3.24. The van der Waals surface area contributed by atoms with Crippen LogP contribution in [0.5, 0.6) is 0 Å². The molecular formula is C20H16Br2ClN3O4. The summed E-state index contributed by atoms with van der Waals surface area (Å²) in [5.74, 6) is -0.659. The van der Waals surface area contributed by atoms with Crippen LogP contribution in [0.15, 0.2) is 41.2 Å². The largest absolute Gasteiger partial charge is 0.469 e. The third-order valence-electron chi connectivity index (χ3n) is 5.05. The van der Waals surface area contributed by atoms with Crippen molar-refractivity contribution >= 4 is 72.1 Å². The van der Waals surface area contributed by atoms with Gasteiger partial charge in [-0.3, -0.25) is 18.7 Å². The Morgan fingerprint density at radius 3 is 2.50 bits per heavy atom. The van der Waals surface area contributed by atoms with Crippen LogP contribution in [0.1, 0.15) is 17.5 Å². The Labute approximate surface area is 193 Å². The number of carbonyl (C=O) groups excluding carboxylic acids is 2. The van der Waals surface area contributed by atoms with Crippen molar-refractivity contribution in [2.75, 3.05) is 12.4 Å². The van der Waals surface area contributed by atoms with Crippen molar-refractivity contribution in [3.8, 4) is 0 Å². The molecule has 0 fully saturated rings. The zero-order chi connectivity index (χ0) is 21.6. The minimum atomic E-state index is -1.11. The van der Waals surface area contributed by atoms with Crippen molar-refractivity contribution in [2.45, 2.75) is 22.7 Å². The van der Waals surface area contributed by atoms with Gasteiger partial charge in [0.2, 0.25) is 0 Å². The molecule has 1 aliphatic heterocycles. The van der Waals surface area contributed by atoms with Crippen LogP contribution >= 0.6 is 43.5 Å². The SMILES string of the molecule is COC(=O)CCn1c(=O)n(Cc2cc(Cl)cc3c2C(Br)(Br)C(=O)N3)c2ccccc21. The van der Waals surface area contributed by atoms with Gasteiger partial charge in [-0.05, 0) is 29.8 Å². The summed E-state index contributed by atoms with van der Waals surface area (Å²) in [5.41, 5.74) is 3.13. The first-order valence-electron chi connectivity index (χ1n) is 9.01. The normalized spacial score (nSPS) is 14.6. The van der Waals surface area contributed by atoms with Gasteiger partial charge in [-0.15, -0.1) is 0 Å². The molecular weight excluding hydrogens is 541 g/mol. The summed E-state index contributed by atoms with van der Waals surface area (Å²) in [6, 6.07) is 10.8. The topological polar surface area (TPSA) is 82.3 Å². The quantitative estimate of drug-likeness (QED) is 0.380. The molecule has 0 aliphatic carbocycles. The van der Waals surface area contributed by atoms with Crippen molar-refractivity contribution < 1.29 is 14.3 Å². The molecule has 0 saturated carbocycles. The average Bonchev–Trinajstić information content (AvgIpc) is 3.09. The van der Waals surface area contributed by atoms with Gasteiger partial charge in [-0.1, -0.05) is 55.6 Å². The second-order valence-corrected chi connectivity index (χ2v) is 10.7. The van der Waals surface area contributed by atoms with E-state index in [1.54, 1.807) is 21.3 Å². The molecule has 0 radical (unpaired) electrons. The maximum Gasteiger partial charge on any atom is 0.329 e. The molecule has 2 aromatic carbocycles. The van der Waals surface area contributed by atoms with E-state index in [1.807, 2.05) is 24.3 Å². The lowest BCUT2D eigenvalue weighted by Crippen LogP contribution is -2.27. The highest BCUT2D eigenvalue weighted by Crippen LogP contribution is 2.50. The summed E-state index contributed by atoms with van der Waals surface area (Å²) >= 11 is 13.1. The molecule has 1 N–H and O–H groups in total. The molecule has 0 unspecified atom stereocenters. The van der Waals surface area contributed by atoms with E-state index in [9.17, 15) is 14.4 Å². The summed E-state index contributed by atoms with van der Waals surface area (Å²) in [6.45, 7) is 0.398. The fourth-order valence-electron chi connectivity index (χ4n) is 3.69. The maximum atomic E-state index is 13.2. The highest BCUT2D eigenvalue weighted by Gasteiger charge is 2.44. The molecule has 0 saturated heterocycles. The number of para-hydroxylation sites is 2. The maximum absolute atomic E-state index is 13.2. The van der Waals surface area contributed by atoms with Crippen molar-refractivity contribution in [2.24, 2.45) is 0 Å². The minimum Gasteiger partial charge on any atom is -0.469 e. The second kappa shape index (κ2) is 7.86. The second-order valence-electron chi connectivity index (χ2n) is 6.85. The zero-order valence-electron chi connectivity index (χ0n) is 15.7. The van der Waals surface area contributed by atoms with Gasteiger partial charge in [0.15, 0.2) is 3.23 Å². The number of rotatable bonds is 5. The number of halogens is 3. The Bertz CT molecular complexity index is 1250. The molecule has 0 bridgehead atoms. The van der Waals surface area contributed by atoms with Gasteiger partial charge in [0.25, 0.3) is 5.91 Å². The van der Waals surface area contributed by atoms with E-state index in [-0.39, 0.29) is 37.1 Å². The van der Waals surface area contributed by atoms with Crippen LogP contribution < -0.4 is 11.0 Å². The van der Waals surface area contributed by atoms with E-state index in [2.05, 4.69) is 37.2 Å². The fraction of sp³-hybridized carbons (Fsp3) is 0.250. The van der Waals surface area contributed by atoms with E-state index in [0.29, 0.717) is 32.9 Å². The number of esters is 1. The van der Waals surface area contributed by atoms with Gasteiger partial charge in [0.1, 0.15) is 0 Å². The number of aromatic nitrogens is 2. The summed E-state index contributed by atoms with van der Waals surface area (Å²) in [6.07, 6.45) is 0.0846. The zero-order valence-corrected chi connectivity index (χ0v) is 19.7. The van der Waals surface area contributed by atoms with Crippen molar-refractivity contribution in [3.63, 3.8) is 0 Å². The van der Waals surface area contributed by atoms with E-state index in [4.69, 9.17) is 16.3 Å². The van der Waals surface area contributed by atoms with Crippen LogP contribution in [0.25, 0.3) is 11.0 Å². The molecule has 0 atom stereocenters. The van der Waals surface area contributed by atoms with Crippen LogP contribution in [-0.2, 0) is 30.6 Å². The Balaban J connectivity index is 1.84. The highest BCUT2D eigenvalue weighted by molar-refractivity contribution is 9.25. The number of fused-ring (bicyclic) bond motifs is 2. The van der Waals surface area contributed by atoms with Gasteiger partial charge in [-0.2, -0.15) is 0 Å². The van der Waals surface area contributed by atoms with E-state index in [1.165, 1.54) is 7.11 Å². The number of hydrogen-bond acceptors (Lipinski definition) is 4. The molecule has 3 aromatic rings. The highest BCUT2D eigenvalue weighted by atomic mass is 79.9. The number of nitrogens with one attached hydrogen (secondary N) is 1. The third-order valence-corrected chi connectivity index (χ3v) is 6.78. The number of nitrogens with zero attached hydrogens (tertiary/aromatic N) is 2. The molecule has 1 aromatic heterocycles. The molecule has 1 aliphatic rings. The number of amides is 1. The van der Waals surface area contributed by atoms with Crippen LogP contribution in [0.3, 0.4) is 0 Å². The standard InChI is InChI=1S/C20H16Br2ClN3O4/c1-30-16(27)6-7-25-14-4-2-3-5-15(14)26(19(25)29)10-11-8-12(23)9-13-17(11)20(21,22)18(28)24-13/h2-5,8-9H,6-7,10H2,1H3,(H,24,28). The van der Waals surface area contributed by atoms with Gasteiger partial charge < -0.3 is 10.1 Å². The van der Waals surface area contributed by atoms with Gasteiger partial charge in [0.05, 0.1) is 31.1 Å². The van der Waals surface area contributed by atoms with Crippen molar-refractivity contribution in [3.05, 3.63) is 63.0 Å². The lowest BCUT2D eigenvalue weighted by atomic mass is 10.0. The number of carbonyl (C=O) groups is 2. The average molecular weight is 558 g/mol.